The molecule has 0 bridgehead atoms. The Morgan fingerprint density at radius 2 is 1.94 bits per heavy atom. The summed E-state index contributed by atoms with van der Waals surface area (Å²) in [5.74, 6) is 0. The highest BCUT2D eigenvalue weighted by Crippen LogP contribution is 2.28. The molecule has 2 heterocycles. The van der Waals surface area contributed by atoms with Gasteiger partial charge in [-0.05, 0) is 54.4 Å². The first-order chi connectivity index (χ1) is 8.52. The number of hydrogen-bond acceptors (Lipinski definition) is 3. The van der Waals surface area contributed by atoms with E-state index in [0.29, 0.717) is 0 Å². The summed E-state index contributed by atoms with van der Waals surface area (Å²) < 4.78 is 2.61. The molecule has 96 valence electrons. The third-order valence-corrected chi connectivity index (χ3v) is 3.42. The van der Waals surface area contributed by atoms with Crippen LogP contribution in [0.3, 0.4) is 0 Å². The van der Waals surface area contributed by atoms with E-state index in [1.165, 1.54) is 0 Å². The van der Waals surface area contributed by atoms with Crippen molar-refractivity contribution < 1.29 is 5.11 Å². The van der Waals surface area contributed by atoms with Gasteiger partial charge < -0.3 is 5.11 Å². The number of nitrogens with zero attached hydrogens (tertiary/aromatic N) is 3. The van der Waals surface area contributed by atoms with Crippen LogP contribution < -0.4 is 0 Å². The first-order valence-electron chi connectivity index (χ1n) is 5.87. The van der Waals surface area contributed by atoms with Gasteiger partial charge in [-0.2, -0.15) is 5.10 Å². The molecule has 0 aliphatic carbocycles. The van der Waals surface area contributed by atoms with Crippen molar-refractivity contribution >= 4 is 15.9 Å². The van der Waals surface area contributed by atoms with Crippen LogP contribution >= 0.6 is 15.9 Å². The van der Waals surface area contributed by atoms with E-state index in [-0.39, 0.29) is 0 Å². The molecule has 0 aliphatic heterocycles. The molecule has 1 N–H and O–H groups in total. The van der Waals surface area contributed by atoms with E-state index >= 15 is 0 Å². The van der Waals surface area contributed by atoms with E-state index in [1.807, 2.05) is 32.9 Å². The maximum absolute atomic E-state index is 10.5. The van der Waals surface area contributed by atoms with Crippen LogP contribution in [-0.4, -0.2) is 19.9 Å². The van der Waals surface area contributed by atoms with E-state index in [4.69, 9.17) is 0 Å². The van der Waals surface area contributed by atoms with Gasteiger partial charge in [-0.15, -0.1) is 0 Å². The van der Waals surface area contributed by atoms with Crippen molar-refractivity contribution in [3.05, 3.63) is 45.4 Å². The highest BCUT2D eigenvalue weighted by Gasteiger charge is 2.19. The molecule has 2 aromatic heterocycles. The van der Waals surface area contributed by atoms with Crippen LogP contribution in [0.2, 0.25) is 0 Å². The number of hydrogen-bond donors (Lipinski definition) is 1. The normalized spacial score (nSPS) is 12.7. The lowest BCUT2D eigenvalue weighted by Crippen LogP contribution is -2.10. The Morgan fingerprint density at radius 1 is 1.33 bits per heavy atom. The Balaban J connectivity index is 2.47. The molecular formula is C13H16BrN3O. The molecule has 0 saturated heterocycles. The molecule has 1 unspecified atom stereocenters. The van der Waals surface area contributed by atoms with Crippen LogP contribution in [0, 0.1) is 13.8 Å². The summed E-state index contributed by atoms with van der Waals surface area (Å²) in [5.41, 5.74) is 3.43. The molecule has 4 nitrogen and oxygen atoms in total. The van der Waals surface area contributed by atoms with Gasteiger partial charge in [-0.1, -0.05) is 0 Å². The lowest BCUT2D eigenvalue weighted by Gasteiger charge is -2.14. The number of rotatable bonds is 3. The maximum Gasteiger partial charge on any atom is 0.122 e. The second-order valence-electron chi connectivity index (χ2n) is 4.28. The predicted octanol–water partition coefficient (Wildman–Crippen LogP) is 2.76. The van der Waals surface area contributed by atoms with Gasteiger partial charge in [0.2, 0.25) is 0 Å². The van der Waals surface area contributed by atoms with Gasteiger partial charge in [-0.3, -0.25) is 9.67 Å². The monoisotopic (exact) mass is 309 g/mol. The van der Waals surface area contributed by atoms with Crippen LogP contribution in [0.5, 0.6) is 0 Å². The topological polar surface area (TPSA) is 50.9 Å². The van der Waals surface area contributed by atoms with E-state index in [0.717, 1.165) is 33.7 Å². The fraction of sp³-hybridized carbons (Fsp3) is 0.385. The van der Waals surface area contributed by atoms with Gasteiger partial charge in [0.25, 0.3) is 0 Å². The quantitative estimate of drug-likeness (QED) is 0.948. The average Bonchev–Trinajstić information content (AvgIpc) is 2.68. The van der Waals surface area contributed by atoms with Crippen molar-refractivity contribution in [2.24, 2.45) is 0 Å². The number of aliphatic hydroxyl groups excluding tert-OH is 1. The molecule has 5 heteroatoms. The summed E-state index contributed by atoms with van der Waals surface area (Å²) in [7, 11) is 0. The number of halogens is 1. The minimum absolute atomic E-state index is 0.692. The molecule has 0 fully saturated rings. The summed E-state index contributed by atoms with van der Waals surface area (Å²) in [5, 5.41) is 14.7. The standard InChI is InChI=1S/C13H16BrN3O/c1-4-17-12(11(14)7-15-17)13(18)10-5-8(2)16-9(3)6-10/h5-7,13,18H,4H2,1-3H3. The molecule has 0 spiro atoms. The van der Waals surface area contributed by atoms with Crippen LogP contribution in [0.4, 0.5) is 0 Å². The van der Waals surface area contributed by atoms with Gasteiger partial charge in [0.15, 0.2) is 0 Å². The third kappa shape index (κ3) is 2.47. The molecule has 0 saturated carbocycles. The number of aliphatic hydroxyl groups is 1. The maximum atomic E-state index is 10.5. The Bertz CT molecular complexity index is 545. The summed E-state index contributed by atoms with van der Waals surface area (Å²) in [4.78, 5) is 4.32. The second kappa shape index (κ2) is 5.20. The molecule has 18 heavy (non-hydrogen) atoms. The summed E-state index contributed by atoms with van der Waals surface area (Å²) >= 11 is 3.43. The van der Waals surface area contributed by atoms with Crippen molar-refractivity contribution in [3.8, 4) is 0 Å². The van der Waals surface area contributed by atoms with Crippen LogP contribution in [-0.2, 0) is 6.54 Å². The zero-order valence-corrected chi connectivity index (χ0v) is 12.3. The van der Waals surface area contributed by atoms with Crippen molar-refractivity contribution in [3.63, 3.8) is 0 Å². The lowest BCUT2D eigenvalue weighted by molar-refractivity contribution is 0.207. The van der Waals surface area contributed by atoms with Gasteiger partial charge in [0.1, 0.15) is 6.10 Å². The number of aromatic nitrogens is 3. The average molecular weight is 310 g/mol. The molecule has 1 atom stereocenters. The smallest absolute Gasteiger partial charge is 0.122 e. The van der Waals surface area contributed by atoms with Gasteiger partial charge in [0.05, 0.1) is 16.4 Å². The molecule has 0 aromatic carbocycles. The van der Waals surface area contributed by atoms with Crippen LogP contribution in [0.25, 0.3) is 0 Å². The van der Waals surface area contributed by atoms with Crippen LogP contribution in [0.15, 0.2) is 22.8 Å². The second-order valence-corrected chi connectivity index (χ2v) is 5.13. The zero-order chi connectivity index (χ0) is 13.3. The third-order valence-electron chi connectivity index (χ3n) is 2.81. The van der Waals surface area contributed by atoms with Gasteiger partial charge >= 0.3 is 0 Å². The highest BCUT2D eigenvalue weighted by atomic mass is 79.9. The van der Waals surface area contributed by atoms with E-state index < -0.39 is 6.10 Å². The lowest BCUT2D eigenvalue weighted by atomic mass is 10.1. The van der Waals surface area contributed by atoms with E-state index in [9.17, 15) is 5.11 Å². The Hall–Kier alpha value is -1.20. The van der Waals surface area contributed by atoms with Gasteiger partial charge in [0, 0.05) is 17.9 Å². The first kappa shape index (κ1) is 13.2. The predicted molar refractivity (Wildman–Crippen MR) is 73.4 cm³/mol. The highest BCUT2D eigenvalue weighted by molar-refractivity contribution is 9.10. The summed E-state index contributed by atoms with van der Waals surface area (Å²) in [6.07, 6.45) is 1.02. The summed E-state index contributed by atoms with van der Waals surface area (Å²) in [6, 6.07) is 3.80. The van der Waals surface area contributed by atoms with Crippen molar-refractivity contribution in [1.29, 1.82) is 0 Å². The SMILES string of the molecule is CCn1ncc(Br)c1C(O)c1cc(C)nc(C)c1. The van der Waals surface area contributed by atoms with Crippen molar-refractivity contribution in [2.75, 3.05) is 0 Å². The van der Waals surface area contributed by atoms with Crippen molar-refractivity contribution in [2.45, 2.75) is 33.4 Å². The molecule has 0 aliphatic rings. The number of aryl methyl sites for hydroxylation is 3. The zero-order valence-electron chi connectivity index (χ0n) is 10.7. The van der Waals surface area contributed by atoms with E-state index in [1.54, 1.807) is 10.9 Å². The minimum atomic E-state index is -0.692. The minimum Gasteiger partial charge on any atom is -0.382 e. The Labute approximate surface area is 115 Å². The fourth-order valence-corrected chi connectivity index (χ4v) is 2.59. The molecular weight excluding hydrogens is 294 g/mol. The van der Waals surface area contributed by atoms with Crippen molar-refractivity contribution in [1.82, 2.24) is 14.8 Å². The van der Waals surface area contributed by atoms with Gasteiger partial charge in [-0.25, -0.2) is 0 Å². The molecule has 0 radical (unpaired) electrons. The fourth-order valence-electron chi connectivity index (χ4n) is 2.08. The molecule has 2 aromatic rings. The number of pyridine rings is 1. The largest absolute Gasteiger partial charge is 0.382 e. The molecule has 0 amide bonds. The molecule has 2 rings (SSSR count). The Morgan fingerprint density at radius 3 is 2.50 bits per heavy atom. The van der Waals surface area contributed by atoms with Crippen LogP contribution in [0.1, 0.15) is 35.7 Å². The van der Waals surface area contributed by atoms with E-state index in [2.05, 4.69) is 26.0 Å². The Kier molecular flexibility index (Phi) is 3.82. The summed E-state index contributed by atoms with van der Waals surface area (Å²) in [6.45, 7) is 6.57. The first-order valence-corrected chi connectivity index (χ1v) is 6.66.